The summed E-state index contributed by atoms with van der Waals surface area (Å²) < 4.78 is 20.7. The van der Waals surface area contributed by atoms with Crippen molar-refractivity contribution >= 4 is 29.6 Å². The molecule has 0 aliphatic heterocycles. The maximum absolute atomic E-state index is 11.9. The van der Waals surface area contributed by atoms with E-state index in [1.165, 1.54) is 33.5 Å². The molecule has 0 atom stereocenters. The summed E-state index contributed by atoms with van der Waals surface area (Å²) in [7, 11) is 4.52. The number of hydrogen-bond donors (Lipinski definition) is 1. The van der Waals surface area contributed by atoms with Crippen molar-refractivity contribution in [3.05, 3.63) is 58.6 Å². The van der Waals surface area contributed by atoms with Crippen LogP contribution in [0.1, 0.15) is 11.1 Å². The summed E-state index contributed by atoms with van der Waals surface area (Å²) in [5.74, 6) is 0.361. The molecule has 30 heavy (non-hydrogen) atoms. The molecule has 7 nitrogen and oxygen atoms in total. The van der Waals surface area contributed by atoms with Gasteiger partial charge in [0.1, 0.15) is 0 Å². The average Bonchev–Trinajstić information content (AvgIpc) is 2.76. The number of carbonyl (C=O) groups excluding carboxylic acids is 2. The number of benzene rings is 2. The molecule has 2 rings (SSSR count). The van der Waals surface area contributed by atoms with E-state index in [1.807, 2.05) is 12.1 Å². The van der Waals surface area contributed by atoms with Crippen LogP contribution < -0.4 is 19.5 Å². The SMILES string of the molecule is COc1cc(C=CC(=O)OCC(=O)NCCc2ccc(Cl)cc2)cc(OC)c1OC. The first kappa shape index (κ1) is 23.1. The highest BCUT2D eigenvalue weighted by molar-refractivity contribution is 6.30. The first-order valence-corrected chi connectivity index (χ1v) is 9.50. The molecule has 0 aliphatic carbocycles. The second-order valence-electron chi connectivity index (χ2n) is 6.13. The number of ether oxygens (including phenoxy) is 4. The van der Waals surface area contributed by atoms with Crippen LogP contribution in [0.4, 0.5) is 0 Å². The van der Waals surface area contributed by atoms with Crippen LogP contribution in [0.3, 0.4) is 0 Å². The minimum absolute atomic E-state index is 0.362. The van der Waals surface area contributed by atoms with Gasteiger partial charge in [-0.15, -0.1) is 0 Å². The number of hydrogen-bond acceptors (Lipinski definition) is 6. The van der Waals surface area contributed by atoms with Gasteiger partial charge in [0.25, 0.3) is 5.91 Å². The third-order valence-electron chi connectivity index (χ3n) is 4.09. The Labute approximate surface area is 180 Å². The van der Waals surface area contributed by atoms with E-state index in [2.05, 4.69) is 5.32 Å². The second-order valence-corrected chi connectivity index (χ2v) is 6.56. The lowest BCUT2D eigenvalue weighted by atomic mass is 10.1. The molecule has 0 spiro atoms. The molecule has 0 aliphatic rings. The Bertz CT molecular complexity index is 870. The smallest absolute Gasteiger partial charge is 0.331 e. The lowest BCUT2D eigenvalue weighted by molar-refractivity contribution is -0.143. The molecule has 1 N–H and O–H groups in total. The average molecular weight is 434 g/mol. The van der Waals surface area contributed by atoms with Crippen molar-refractivity contribution in [2.45, 2.75) is 6.42 Å². The third kappa shape index (κ3) is 7.00. The lowest BCUT2D eigenvalue weighted by Gasteiger charge is -2.12. The molecule has 0 saturated carbocycles. The van der Waals surface area contributed by atoms with Crippen LogP contribution in [0.5, 0.6) is 17.2 Å². The number of halogens is 1. The summed E-state index contributed by atoms with van der Waals surface area (Å²) >= 11 is 5.83. The molecule has 0 radical (unpaired) electrons. The molecule has 2 aromatic carbocycles. The molecule has 0 heterocycles. The number of rotatable bonds is 10. The largest absolute Gasteiger partial charge is 0.493 e. The van der Waals surface area contributed by atoms with Gasteiger partial charge >= 0.3 is 5.97 Å². The van der Waals surface area contributed by atoms with E-state index in [1.54, 1.807) is 24.3 Å². The van der Waals surface area contributed by atoms with Crippen LogP contribution in [-0.2, 0) is 20.7 Å². The van der Waals surface area contributed by atoms with E-state index < -0.39 is 5.97 Å². The Morgan fingerprint density at radius 1 is 1.00 bits per heavy atom. The summed E-state index contributed by atoms with van der Waals surface area (Å²) in [6.07, 6.45) is 3.41. The van der Waals surface area contributed by atoms with Gasteiger partial charge in [0, 0.05) is 17.6 Å². The lowest BCUT2D eigenvalue weighted by Crippen LogP contribution is -2.30. The second kappa shape index (κ2) is 11.7. The first-order chi connectivity index (χ1) is 14.5. The van der Waals surface area contributed by atoms with Gasteiger partial charge < -0.3 is 24.3 Å². The zero-order chi connectivity index (χ0) is 21.9. The van der Waals surface area contributed by atoms with Gasteiger partial charge in [-0.3, -0.25) is 4.79 Å². The minimum Gasteiger partial charge on any atom is -0.493 e. The molecule has 0 unspecified atom stereocenters. The van der Waals surface area contributed by atoms with Crippen molar-refractivity contribution in [2.24, 2.45) is 0 Å². The molecular formula is C22H24ClNO6. The van der Waals surface area contributed by atoms with E-state index in [9.17, 15) is 9.59 Å². The first-order valence-electron chi connectivity index (χ1n) is 9.12. The van der Waals surface area contributed by atoms with Crippen LogP contribution >= 0.6 is 11.6 Å². The van der Waals surface area contributed by atoms with Crippen molar-refractivity contribution in [3.63, 3.8) is 0 Å². The molecule has 0 fully saturated rings. The minimum atomic E-state index is -0.642. The van der Waals surface area contributed by atoms with Crippen molar-refractivity contribution < 1.29 is 28.5 Å². The number of carbonyl (C=O) groups is 2. The fraction of sp³-hybridized carbons (Fsp3) is 0.273. The van der Waals surface area contributed by atoms with E-state index in [0.29, 0.717) is 40.8 Å². The Hall–Kier alpha value is -3.19. The van der Waals surface area contributed by atoms with Crippen LogP contribution in [0.15, 0.2) is 42.5 Å². The van der Waals surface area contributed by atoms with Gasteiger partial charge in [0.05, 0.1) is 21.3 Å². The normalized spacial score (nSPS) is 10.5. The monoisotopic (exact) mass is 433 g/mol. The zero-order valence-corrected chi connectivity index (χ0v) is 17.8. The molecule has 0 saturated heterocycles. The molecule has 160 valence electrons. The molecule has 0 aromatic heterocycles. The van der Waals surface area contributed by atoms with Crippen molar-refractivity contribution in [1.82, 2.24) is 5.32 Å². The van der Waals surface area contributed by atoms with Crippen LogP contribution in [0.25, 0.3) is 6.08 Å². The molecule has 1 amide bonds. The summed E-state index contributed by atoms with van der Waals surface area (Å²) in [6, 6.07) is 10.7. The predicted molar refractivity (Wildman–Crippen MR) is 114 cm³/mol. The Balaban J connectivity index is 1.81. The summed E-state index contributed by atoms with van der Waals surface area (Å²) in [5.41, 5.74) is 1.69. The van der Waals surface area contributed by atoms with Gasteiger partial charge in [0.15, 0.2) is 18.1 Å². The quantitative estimate of drug-likeness (QED) is 0.457. The highest BCUT2D eigenvalue weighted by Gasteiger charge is 2.12. The molecular weight excluding hydrogens is 410 g/mol. The van der Waals surface area contributed by atoms with Crippen molar-refractivity contribution in [3.8, 4) is 17.2 Å². The maximum atomic E-state index is 11.9. The summed E-state index contributed by atoms with van der Waals surface area (Å²) in [4.78, 5) is 23.7. The number of nitrogens with one attached hydrogen (secondary N) is 1. The fourth-order valence-corrected chi connectivity index (χ4v) is 2.72. The summed E-state index contributed by atoms with van der Waals surface area (Å²) in [5, 5.41) is 3.36. The van der Waals surface area contributed by atoms with Gasteiger partial charge in [-0.1, -0.05) is 23.7 Å². The van der Waals surface area contributed by atoms with Crippen molar-refractivity contribution in [2.75, 3.05) is 34.5 Å². The maximum Gasteiger partial charge on any atom is 0.331 e. The van der Waals surface area contributed by atoms with Crippen LogP contribution in [-0.4, -0.2) is 46.4 Å². The van der Waals surface area contributed by atoms with Gasteiger partial charge in [-0.05, 0) is 47.9 Å². The fourth-order valence-electron chi connectivity index (χ4n) is 2.60. The standard InChI is InChI=1S/C22H24ClNO6/c1-27-18-12-16(13-19(28-2)22(18)29-3)6-9-21(26)30-14-20(25)24-11-10-15-4-7-17(23)8-5-15/h4-9,12-13H,10-11,14H2,1-3H3,(H,24,25). The van der Waals surface area contributed by atoms with Gasteiger partial charge in [-0.25, -0.2) is 4.79 Å². The van der Waals surface area contributed by atoms with Gasteiger partial charge in [0.2, 0.25) is 5.75 Å². The number of amides is 1. The Morgan fingerprint density at radius 2 is 1.63 bits per heavy atom. The zero-order valence-electron chi connectivity index (χ0n) is 17.1. The predicted octanol–water partition coefficient (Wildman–Crippen LogP) is 3.28. The highest BCUT2D eigenvalue weighted by Crippen LogP contribution is 2.38. The van der Waals surface area contributed by atoms with E-state index in [-0.39, 0.29) is 12.5 Å². The van der Waals surface area contributed by atoms with Gasteiger partial charge in [-0.2, -0.15) is 0 Å². The molecule has 2 aromatic rings. The van der Waals surface area contributed by atoms with E-state index >= 15 is 0 Å². The van der Waals surface area contributed by atoms with Crippen LogP contribution in [0, 0.1) is 0 Å². The number of methoxy groups -OCH3 is 3. The molecule has 8 heteroatoms. The van der Waals surface area contributed by atoms with Crippen molar-refractivity contribution in [1.29, 1.82) is 0 Å². The van der Waals surface area contributed by atoms with E-state index in [4.69, 9.17) is 30.5 Å². The highest BCUT2D eigenvalue weighted by atomic mass is 35.5. The Kier molecular flexibility index (Phi) is 9.03. The van der Waals surface area contributed by atoms with Crippen LogP contribution in [0.2, 0.25) is 5.02 Å². The number of esters is 1. The van der Waals surface area contributed by atoms with E-state index in [0.717, 1.165) is 5.56 Å². The molecule has 0 bridgehead atoms. The topological polar surface area (TPSA) is 83.1 Å². The summed E-state index contributed by atoms with van der Waals surface area (Å²) in [6.45, 7) is 0.0678. The Morgan fingerprint density at radius 3 is 2.20 bits per heavy atom. The third-order valence-corrected chi connectivity index (χ3v) is 4.35.